The third kappa shape index (κ3) is 5.14. The van der Waals surface area contributed by atoms with Crippen LogP contribution in [0.4, 0.5) is 10.6 Å². The fourth-order valence-corrected chi connectivity index (χ4v) is 3.68. The number of aromatic nitrogens is 4. The van der Waals surface area contributed by atoms with E-state index in [2.05, 4.69) is 26.7 Å². The molecule has 3 N–H and O–H groups in total. The van der Waals surface area contributed by atoms with Gasteiger partial charge in [-0.25, -0.2) is 19.3 Å². The number of hydrogen-bond donors (Lipinski definition) is 3. The van der Waals surface area contributed by atoms with Gasteiger partial charge in [0, 0.05) is 24.0 Å². The highest BCUT2D eigenvalue weighted by atomic mass is 35.5. The Hall–Kier alpha value is -4.00. The highest BCUT2D eigenvalue weighted by Gasteiger charge is 2.20. The molecule has 0 radical (unpaired) electrons. The van der Waals surface area contributed by atoms with Gasteiger partial charge in [-0.2, -0.15) is 10.4 Å². The van der Waals surface area contributed by atoms with E-state index in [1.807, 2.05) is 19.1 Å². The molecule has 0 aliphatic heterocycles. The first-order valence-electron chi connectivity index (χ1n) is 10.4. The van der Waals surface area contributed by atoms with E-state index in [-0.39, 0.29) is 6.54 Å². The van der Waals surface area contributed by atoms with Gasteiger partial charge in [-0.1, -0.05) is 23.7 Å². The van der Waals surface area contributed by atoms with Crippen LogP contribution in [-0.4, -0.2) is 42.9 Å². The third-order valence-corrected chi connectivity index (χ3v) is 5.08. The summed E-state index contributed by atoms with van der Waals surface area (Å²) >= 11 is 6.25. The van der Waals surface area contributed by atoms with Gasteiger partial charge in [0.15, 0.2) is 5.65 Å². The van der Waals surface area contributed by atoms with Crippen molar-refractivity contribution in [3.05, 3.63) is 65.1 Å². The lowest BCUT2D eigenvalue weighted by Crippen LogP contribution is -2.40. The molecule has 172 valence electrons. The van der Waals surface area contributed by atoms with Gasteiger partial charge in [0.1, 0.15) is 16.7 Å². The Balaban J connectivity index is 1.84. The molecule has 0 bridgehead atoms. The molecule has 0 spiro atoms. The number of benzene rings is 1. The molecule has 0 aliphatic rings. The van der Waals surface area contributed by atoms with Gasteiger partial charge < -0.3 is 10.4 Å². The predicted molar refractivity (Wildman–Crippen MR) is 129 cm³/mol. The first kappa shape index (κ1) is 23.2. The standard InChI is InChI=1S/C24H22ClN7O2/c1-14-9-17(11-18(25)28-14)20-21(16-6-4-5-15(10-16)12-26)31-32-8-7-19(29-22(20)32)30-23(33)27-13-24(2,3)34/h4-11,34H,13H2,1-3H3,(H2,27,29,30,33). The Morgan fingerprint density at radius 2 is 2.00 bits per heavy atom. The molecule has 0 aliphatic carbocycles. The number of urea groups is 1. The number of nitriles is 1. The second-order valence-electron chi connectivity index (χ2n) is 8.44. The van der Waals surface area contributed by atoms with E-state index in [9.17, 15) is 15.2 Å². The second kappa shape index (κ2) is 9.09. The molecular weight excluding hydrogens is 454 g/mol. The van der Waals surface area contributed by atoms with Crippen LogP contribution in [0.5, 0.6) is 0 Å². The maximum Gasteiger partial charge on any atom is 0.320 e. The van der Waals surface area contributed by atoms with Crippen LogP contribution in [0.1, 0.15) is 25.1 Å². The fraction of sp³-hybridized carbons (Fsp3) is 0.208. The molecule has 0 saturated carbocycles. The minimum Gasteiger partial charge on any atom is -0.389 e. The molecule has 0 saturated heterocycles. The monoisotopic (exact) mass is 475 g/mol. The van der Waals surface area contributed by atoms with E-state index in [1.165, 1.54) is 0 Å². The zero-order valence-electron chi connectivity index (χ0n) is 18.8. The molecule has 0 fully saturated rings. The second-order valence-corrected chi connectivity index (χ2v) is 8.82. The number of hydrogen-bond acceptors (Lipinski definition) is 6. The number of carbonyl (C=O) groups excluding carboxylic acids is 1. The Labute approximate surface area is 201 Å². The van der Waals surface area contributed by atoms with E-state index >= 15 is 0 Å². The summed E-state index contributed by atoms with van der Waals surface area (Å²) in [4.78, 5) is 21.1. The predicted octanol–water partition coefficient (Wildman–Crippen LogP) is 4.18. The number of fused-ring (bicyclic) bond motifs is 1. The van der Waals surface area contributed by atoms with Crippen LogP contribution >= 0.6 is 11.6 Å². The zero-order valence-corrected chi connectivity index (χ0v) is 19.6. The van der Waals surface area contributed by atoms with Gasteiger partial charge in [-0.3, -0.25) is 5.32 Å². The first-order valence-corrected chi connectivity index (χ1v) is 10.8. The zero-order chi connectivity index (χ0) is 24.5. The number of pyridine rings is 1. The number of nitrogens with one attached hydrogen (secondary N) is 2. The summed E-state index contributed by atoms with van der Waals surface area (Å²) in [7, 11) is 0. The van der Waals surface area contributed by atoms with Crippen molar-refractivity contribution < 1.29 is 9.90 Å². The van der Waals surface area contributed by atoms with Gasteiger partial charge in [-0.05, 0) is 56.7 Å². The van der Waals surface area contributed by atoms with Gasteiger partial charge >= 0.3 is 6.03 Å². The number of aryl methyl sites for hydroxylation is 1. The number of anilines is 1. The van der Waals surface area contributed by atoms with Crippen LogP contribution in [0.15, 0.2) is 48.7 Å². The minimum absolute atomic E-state index is 0.0766. The highest BCUT2D eigenvalue weighted by Crippen LogP contribution is 2.36. The SMILES string of the molecule is Cc1cc(-c2c(-c3cccc(C#N)c3)nn3ccc(NC(=O)NCC(C)(C)O)nc23)cc(Cl)n1. The molecule has 0 unspecified atom stereocenters. The topological polar surface area (TPSA) is 128 Å². The summed E-state index contributed by atoms with van der Waals surface area (Å²) in [5.74, 6) is 0.302. The summed E-state index contributed by atoms with van der Waals surface area (Å²) in [6.07, 6.45) is 1.69. The quantitative estimate of drug-likeness (QED) is 0.371. The molecule has 34 heavy (non-hydrogen) atoms. The lowest BCUT2D eigenvalue weighted by atomic mass is 10.00. The average Bonchev–Trinajstić information content (AvgIpc) is 3.15. The van der Waals surface area contributed by atoms with Crippen molar-refractivity contribution in [2.75, 3.05) is 11.9 Å². The number of halogens is 1. The van der Waals surface area contributed by atoms with Crippen LogP contribution in [-0.2, 0) is 0 Å². The smallest absolute Gasteiger partial charge is 0.320 e. The van der Waals surface area contributed by atoms with Crippen molar-refractivity contribution in [1.82, 2.24) is 24.9 Å². The molecule has 0 atom stereocenters. The molecular formula is C24H22ClN7O2. The van der Waals surface area contributed by atoms with E-state index < -0.39 is 11.6 Å². The number of rotatable bonds is 5. The van der Waals surface area contributed by atoms with Crippen molar-refractivity contribution in [2.45, 2.75) is 26.4 Å². The van der Waals surface area contributed by atoms with Gasteiger partial charge in [0.05, 0.1) is 22.8 Å². The van der Waals surface area contributed by atoms with Crippen LogP contribution < -0.4 is 10.6 Å². The fourth-order valence-electron chi connectivity index (χ4n) is 3.43. The van der Waals surface area contributed by atoms with E-state index in [0.29, 0.717) is 33.4 Å². The summed E-state index contributed by atoms with van der Waals surface area (Å²) < 4.78 is 1.60. The molecule has 10 heteroatoms. The molecule has 2 amide bonds. The van der Waals surface area contributed by atoms with Crippen molar-refractivity contribution in [2.24, 2.45) is 0 Å². The van der Waals surface area contributed by atoms with Crippen molar-refractivity contribution >= 4 is 29.1 Å². The van der Waals surface area contributed by atoms with Gasteiger partial charge in [-0.15, -0.1) is 0 Å². The van der Waals surface area contributed by atoms with Crippen molar-refractivity contribution in [3.8, 4) is 28.5 Å². The first-order chi connectivity index (χ1) is 16.1. The number of nitrogens with zero attached hydrogens (tertiary/aromatic N) is 5. The van der Waals surface area contributed by atoms with Crippen LogP contribution in [0, 0.1) is 18.3 Å². The lowest BCUT2D eigenvalue weighted by Gasteiger charge is -2.17. The lowest BCUT2D eigenvalue weighted by molar-refractivity contribution is 0.0826. The Morgan fingerprint density at radius 3 is 2.71 bits per heavy atom. The maximum absolute atomic E-state index is 12.3. The molecule has 3 heterocycles. The van der Waals surface area contributed by atoms with E-state index in [1.54, 1.807) is 54.9 Å². The van der Waals surface area contributed by atoms with Crippen LogP contribution in [0.3, 0.4) is 0 Å². The molecule has 3 aromatic heterocycles. The molecule has 9 nitrogen and oxygen atoms in total. The Morgan fingerprint density at radius 1 is 1.21 bits per heavy atom. The molecule has 1 aromatic carbocycles. The van der Waals surface area contributed by atoms with Gasteiger partial charge in [0.25, 0.3) is 0 Å². The minimum atomic E-state index is -1.04. The van der Waals surface area contributed by atoms with E-state index in [4.69, 9.17) is 16.7 Å². The maximum atomic E-state index is 12.3. The van der Waals surface area contributed by atoms with Crippen molar-refractivity contribution in [3.63, 3.8) is 0 Å². The summed E-state index contributed by atoms with van der Waals surface area (Å²) in [6, 6.07) is 14.0. The van der Waals surface area contributed by atoms with Crippen molar-refractivity contribution in [1.29, 1.82) is 5.26 Å². The Bertz CT molecular complexity index is 1410. The summed E-state index contributed by atoms with van der Waals surface area (Å²) in [5, 5.41) is 29.5. The van der Waals surface area contributed by atoms with E-state index in [0.717, 1.165) is 16.8 Å². The molecule has 4 rings (SSSR count). The normalized spacial score (nSPS) is 11.3. The Kier molecular flexibility index (Phi) is 6.20. The number of amides is 2. The average molecular weight is 476 g/mol. The van der Waals surface area contributed by atoms with Crippen LogP contribution in [0.25, 0.3) is 28.0 Å². The largest absolute Gasteiger partial charge is 0.389 e. The summed E-state index contributed by atoms with van der Waals surface area (Å²) in [5.41, 5.74) is 3.45. The highest BCUT2D eigenvalue weighted by molar-refractivity contribution is 6.29. The third-order valence-electron chi connectivity index (χ3n) is 4.88. The summed E-state index contributed by atoms with van der Waals surface area (Å²) in [6.45, 7) is 5.11. The van der Waals surface area contributed by atoms with Gasteiger partial charge in [0.2, 0.25) is 0 Å². The number of carbonyl (C=O) groups is 1. The van der Waals surface area contributed by atoms with Crippen LogP contribution in [0.2, 0.25) is 5.15 Å². The number of aliphatic hydroxyl groups is 1. The molecule has 4 aromatic rings.